The number of nitrogens with one attached hydrogen (secondary N) is 2. The maximum absolute atomic E-state index is 11.8. The van der Waals surface area contributed by atoms with E-state index in [1.165, 1.54) is 23.1 Å². The van der Waals surface area contributed by atoms with Gasteiger partial charge < -0.3 is 15.4 Å². The van der Waals surface area contributed by atoms with Gasteiger partial charge in [0, 0.05) is 23.9 Å². The van der Waals surface area contributed by atoms with Gasteiger partial charge in [0.1, 0.15) is 0 Å². The Hall–Kier alpha value is -1.35. The predicted octanol–water partition coefficient (Wildman–Crippen LogP) is 3.49. The van der Waals surface area contributed by atoms with Crippen molar-refractivity contribution >= 4 is 51.4 Å². The van der Waals surface area contributed by atoms with Gasteiger partial charge in [-0.05, 0) is 31.5 Å². The molecule has 0 fully saturated rings. The minimum absolute atomic E-state index is 0.0134. The minimum atomic E-state index is -0.0556. The number of nitrogens with zero attached hydrogens (tertiary/aromatic N) is 2. The molecule has 1 aromatic carbocycles. The topological polar surface area (TPSA) is 76.1 Å². The number of amides is 1. The highest BCUT2D eigenvalue weighted by molar-refractivity contribution is 8.01. The predicted molar refractivity (Wildman–Crippen MR) is 99.6 cm³/mol. The number of ether oxygens (including phenoxy) is 1. The van der Waals surface area contributed by atoms with Crippen molar-refractivity contribution in [2.45, 2.75) is 24.2 Å². The van der Waals surface area contributed by atoms with E-state index >= 15 is 0 Å². The van der Waals surface area contributed by atoms with Gasteiger partial charge in [-0.15, -0.1) is 10.2 Å². The van der Waals surface area contributed by atoms with Crippen LogP contribution in [0.5, 0.6) is 0 Å². The zero-order chi connectivity index (χ0) is 17.5. The number of methoxy groups -OCH3 is 1. The van der Waals surface area contributed by atoms with Crippen molar-refractivity contribution in [1.82, 2.24) is 15.5 Å². The van der Waals surface area contributed by atoms with E-state index in [1.54, 1.807) is 7.11 Å². The Labute approximate surface area is 154 Å². The number of benzene rings is 1. The molecule has 2 rings (SSSR count). The van der Waals surface area contributed by atoms with Crippen LogP contribution in [0.4, 0.5) is 10.8 Å². The molecular formula is C15H19ClN4O2S2. The Morgan fingerprint density at radius 1 is 1.46 bits per heavy atom. The molecule has 0 aliphatic heterocycles. The van der Waals surface area contributed by atoms with Gasteiger partial charge in [-0.1, -0.05) is 40.8 Å². The molecule has 1 atom stereocenters. The van der Waals surface area contributed by atoms with E-state index in [4.69, 9.17) is 16.3 Å². The van der Waals surface area contributed by atoms with Crippen LogP contribution < -0.4 is 10.6 Å². The average Bonchev–Trinajstić information content (AvgIpc) is 2.98. The maximum atomic E-state index is 11.8. The Morgan fingerprint density at radius 2 is 2.25 bits per heavy atom. The highest BCUT2D eigenvalue weighted by Crippen LogP contribution is 2.30. The van der Waals surface area contributed by atoms with Crippen molar-refractivity contribution in [3.63, 3.8) is 0 Å². The molecule has 0 saturated carbocycles. The first-order chi connectivity index (χ1) is 11.5. The largest absolute Gasteiger partial charge is 0.383 e. The molecular weight excluding hydrogens is 368 g/mol. The lowest BCUT2D eigenvalue weighted by Crippen LogP contribution is -2.36. The summed E-state index contributed by atoms with van der Waals surface area (Å²) in [6.07, 6.45) is 0. The molecule has 6 nitrogen and oxygen atoms in total. The van der Waals surface area contributed by atoms with Crippen LogP contribution in [-0.2, 0) is 9.53 Å². The fraction of sp³-hybridized carbons (Fsp3) is 0.400. The third-order valence-electron chi connectivity index (χ3n) is 3.07. The highest BCUT2D eigenvalue weighted by Gasteiger charge is 2.11. The number of hydrogen-bond acceptors (Lipinski definition) is 7. The van der Waals surface area contributed by atoms with E-state index < -0.39 is 0 Å². The number of rotatable bonds is 8. The Kier molecular flexibility index (Phi) is 7.29. The quantitative estimate of drug-likeness (QED) is 0.676. The number of halogens is 1. The van der Waals surface area contributed by atoms with Crippen LogP contribution in [0.3, 0.4) is 0 Å². The maximum Gasteiger partial charge on any atom is 0.230 e. The van der Waals surface area contributed by atoms with Gasteiger partial charge in [0.25, 0.3) is 0 Å². The first-order valence-electron chi connectivity index (χ1n) is 7.26. The Balaban J connectivity index is 1.87. The lowest BCUT2D eigenvalue weighted by molar-refractivity contribution is -0.119. The zero-order valence-electron chi connectivity index (χ0n) is 13.6. The van der Waals surface area contributed by atoms with Crippen LogP contribution in [0, 0.1) is 6.92 Å². The molecule has 2 aromatic rings. The van der Waals surface area contributed by atoms with Gasteiger partial charge in [0.05, 0.1) is 12.4 Å². The minimum Gasteiger partial charge on any atom is -0.383 e. The Morgan fingerprint density at radius 3 is 3.00 bits per heavy atom. The summed E-state index contributed by atoms with van der Waals surface area (Å²) in [5.41, 5.74) is 1.84. The van der Waals surface area contributed by atoms with E-state index in [-0.39, 0.29) is 11.9 Å². The van der Waals surface area contributed by atoms with Gasteiger partial charge >= 0.3 is 0 Å². The number of aromatic nitrogens is 2. The molecule has 1 aromatic heterocycles. The average molecular weight is 387 g/mol. The third-order valence-corrected chi connectivity index (χ3v) is 5.45. The van der Waals surface area contributed by atoms with Gasteiger partial charge in [0.15, 0.2) is 4.34 Å². The number of anilines is 2. The molecule has 9 heteroatoms. The fourth-order valence-electron chi connectivity index (χ4n) is 1.91. The number of carbonyl (C=O) groups is 1. The lowest BCUT2D eigenvalue weighted by atomic mass is 10.2. The molecule has 0 aliphatic rings. The molecule has 1 amide bonds. The van der Waals surface area contributed by atoms with Crippen molar-refractivity contribution in [1.29, 1.82) is 0 Å². The van der Waals surface area contributed by atoms with Crippen molar-refractivity contribution in [2.75, 3.05) is 24.8 Å². The summed E-state index contributed by atoms with van der Waals surface area (Å²) in [6.45, 7) is 4.32. The molecule has 24 heavy (non-hydrogen) atoms. The van der Waals surface area contributed by atoms with Crippen LogP contribution in [0.25, 0.3) is 0 Å². The van der Waals surface area contributed by atoms with Crippen molar-refractivity contribution in [3.8, 4) is 0 Å². The van der Waals surface area contributed by atoms with Crippen molar-refractivity contribution < 1.29 is 9.53 Å². The molecule has 0 radical (unpaired) electrons. The molecule has 0 unspecified atom stereocenters. The molecule has 1 heterocycles. The first kappa shape index (κ1) is 19.0. The van der Waals surface area contributed by atoms with Gasteiger partial charge in [-0.2, -0.15) is 0 Å². The third kappa shape index (κ3) is 5.62. The smallest absolute Gasteiger partial charge is 0.230 e. The summed E-state index contributed by atoms with van der Waals surface area (Å²) >= 11 is 8.85. The highest BCUT2D eigenvalue weighted by atomic mass is 35.5. The van der Waals surface area contributed by atoms with Crippen LogP contribution in [0.2, 0.25) is 5.02 Å². The summed E-state index contributed by atoms with van der Waals surface area (Å²) in [7, 11) is 1.61. The molecule has 130 valence electrons. The molecule has 0 bridgehead atoms. The SMILES string of the molecule is COC[C@H](C)NC(=O)CSc1nnc(Nc2cccc(Cl)c2C)s1. The van der Waals surface area contributed by atoms with Crippen LogP contribution >= 0.6 is 34.7 Å². The number of thioether (sulfide) groups is 1. The number of hydrogen-bond donors (Lipinski definition) is 2. The normalized spacial score (nSPS) is 12.0. The van der Waals surface area contributed by atoms with E-state index in [1.807, 2.05) is 32.0 Å². The van der Waals surface area contributed by atoms with Gasteiger partial charge in [-0.25, -0.2) is 0 Å². The summed E-state index contributed by atoms with van der Waals surface area (Å²) in [5, 5.41) is 15.6. The summed E-state index contributed by atoms with van der Waals surface area (Å²) < 4.78 is 5.71. The zero-order valence-corrected chi connectivity index (χ0v) is 16.0. The number of carbonyl (C=O) groups excluding carboxylic acids is 1. The van der Waals surface area contributed by atoms with E-state index in [0.717, 1.165) is 15.6 Å². The van der Waals surface area contributed by atoms with Gasteiger partial charge in [-0.3, -0.25) is 4.79 Å². The molecule has 0 aliphatic carbocycles. The van der Waals surface area contributed by atoms with E-state index in [2.05, 4.69) is 20.8 Å². The molecule has 2 N–H and O–H groups in total. The Bertz CT molecular complexity index is 696. The van der Waals surface area contributed by atoms with E-state index in [0.29, 0.717) is 22.5 Å². The second-order valence-electron chi connectivity index (χ2n) is 5.12. The monoisotopic (exact) mass is 386 g/mol. The van der Waals surface area contributed by atoms with Crippen LogP contribution in [0.1, 0.15) is 12.5 Å². The van der Waals surface area contributed by atoms with Gasteiger partial charge in [0.2, 0.25) is 11.0 Å². The molecule has 0 spiro atoms. The fourth-order valence-corrected chi connectivity index (χ4v) is 3.66. The molecule has 0 saturated heterocycles. The summed E-state index contributed by atoms with van der Waals surface area (Å²) in [6, 6.07) is 5.63. The second-order valence-corrected chi connectivity index (χ2v) is 7.73. The van der Waals surface area contributed by atoms with Crippen molar-refractivity contribution in [3.05, 3.63) is 28.8 Å². The summed E-state index contributed by atoms with van der Waals surface area (Å²) in [4.78, 5) is 11.8. The first-order valence-corrected chi connectivity index (χ1v) is 9.44. The second kappa shape index (κ2) is 9.22. The summed E-state index contributed by atoms with van der Waals surface area (Å²) in [5.74, 6) is 0.235. The lowest BCUT2D eigenvalue weighted by Gasteiger charge is -2.11. The van der Waals surface area contributed by atoms with Crippen LogP contribution in [-0.4, -0.2) is 41.6 Å². The standard InChI is InChI=1S/C15H19ClN4O2S2/c1-9(7-22-3)17-13(21)8-23-15-20-19-14(24-15)18-12-6-4-5-11(16)10(12)2/h4-6,9H,7-8H2,1-3H3,(H,17,21)(H,18,19)/t9-/m0/s1. The van der Waals surface area contributed by atoms with Crippen molar-refractivity contribution in [2.24, 2.45) is 0 Å². The van der Waals surface area contributed by atoms with Crippen LogP contribution in [0.15, 0.2) is 22.5 Å². The van der Waals surface area contributed by atoms with E-state index in [9.17, 15) is 4.79 Å².